The summed E-state index contributed by atoms with van der Waals surface area (Å²) >= 11 is 0. The van der Waals surface area contributed by atoms with Crippen LogP contribution in [0.25, 0.3) is 0 Å². The Hall–Kier alpha value is -0.460. The zero-order chi connectivity index (χ0) is 13.2. The lowest BCUT2D eigenvalue weighted by Crippen LogP contribution is -2.17. The summed E-state index contributed by atoms with van der Waals surface area (Å²) in [4.78, 5) is 0. The summed E-state index contributed by atoms with van der Waals surface area (Å²) in [6.07, 6.45) is 13.2. The molecule has 0 saturated heterocycles. The van der Waals surface area contributed by atoms with Gasteiger partial charge in [0.15, 0.2) is 0 Å². The van der Waals surface area contributed by atoms with Gasteiger partial charge in [0.1, 0.15) is 0 Å². The Morgan fingerprint density at radius 3 is 2.33 bits per heavy atom. The van der Waals surface area contributed by atoms with E-state index in [0.29, 0.717) is 5.92 Å². The number of ether oxygens (including phenoxy) is 1. The maximum atomic E-state index is 5.83. The number of hydrogen-bond donors (Lipinski definition) is 0. The molecule has 0 aliphatic heterocycles. The van der Waals surface area contributed by atoms with Crippen molar-refractivity contribution < 1.29 is 4.74 Å². The molecule has 0 radical (unpaired) electrons. The van der Waals surface area contributed by atoms with Crippen LogP contribution in [0.1, 0.15) is 78.1 Å². The van der Waals surface area contributed by atoms with Gasteiger partial charge in [-0.05, 0) is 38.0 Å². The van der Waals surface area contributed by atoms with Gasteiger partial charge in [0.25, 0.3) is 0 Å². The van der Waals surface area contributed by atoms with Crippen LogP contribution in [0.15, 0.2) is 12.3 Å². The third-order valence-corrected chi connectivity index (χ3v) is 4.28. The van der Waals surface area contributed by atoms with E-state index < -0.39 is 0 Å². The molecule has 0 N–H and O–H groups in total. The minimum absolute atomic E-state index is 0.643. The molecule has 1 saturated carbocycles. The molecule has 0 aromatic rings. The highest BCUT2D eigenvalue weighted by Crippen LogP contribution is 2.35. The van der Waals surface area contributed by atoms with Crippen molar-refractivity contribution in [2.45, 2.75) is 78.1 Å². The highest BCUT2D eigenvalue weighted by molar-refractivity contribution is 4.93. The predicted molar refractivity (Wildman–Crippen MR) is 79.6 cm³/mol. The van der Waals surface area contributed by atoms with Crippen molar-refractivity contribution in [2.75, 3.05) is 6.61 Å². The molecule has 0 heterocycles. The molecule has 1 rings (SSSR count). The second-order valence-electron chi connectivity index (χ2n) is 5.88. The van der Waals surface area contributed by atoms with E-state index in [9.17, 15) is 0 Å². The van der Waals surface area contributed by atoms with Gasteiger partial charge in [0.05, 0.1) is 12.4 Å². The molecule has 106 valence electrons. The van der Waals surface area contributed by atoms with Gasteiger partial charge in [0, 0.05) is 5.92 Å². The summed E-state index contributed by atoms with van der Waals surface area (Å²) in [6, 6.07) is 0. The number of rotatable bonds is 9. The van der Waals surface area contributed by atoms with Gasteiger partial charge in [-0.2, -0.15) is 0 Å². The maximum Gasteiger partial charge on any atom is 0.0918 e. The van der Waals surface area contributed by atoms with E-state index in [0.717, 1.165) is 18.3 Å². The number of hydrogen-bond acceptors (Lipinski definition) is 1. The fourth-order valence-electron chi connectivity index (χ4n) is 3.03. The minimum Gasteiger partial charge on any atom is -0.498 e. The highest BCUT2D eigenvalue weighted by Gasteiger charge is 2.23. The van der Waals surface area contributed by atoms with Crippen molar-refractivity contribution in [3.05, 3.63) is 12.3 Å². The molecule has 18 heavy (non-hydrogen) atoms. The zero-order valence-electron chi connectivity index (χ0n) is 12.5. The highest BCUT2D eigenvalue weighted by atomic mass is 16.5. The molecule has 0 atom stereocenters. The summed E-state index contributed by atoms with van der Waals surface area (Å²) in [5.74, 6) is 2.69. The molecular formula is C17H32O. The van der Waals surface area contributed by atoms with Crippen LogP contribution in [0.4, 0.5) is 0 Å². The van der Waals surface area contributed by atoms with E-state index in [1.165, 1.54) is 64.2 Å². The van der Waals surface area contributed by atoms with Crippen molar-refractivity contribution >= 4 is 0 Å². The van der Waals surface area contributed by atoms with E-state index in [4.69, 9.17) is 4.74 Å². The molecule has 0 amide bonds. The van der Waals surface area contributed by atoms with Gasteiger partial charge in [-0.1, -0.05) is 52.5 Å². The standard InChI is InChI=1S/C17H32O/c1-4-6-7-8-14-18-15(3)17-12-10-16(9-5-2)11-13-17/h16-17H,3-14H2,1-2H3. The van der Waals surface area contributed by atoms with Crippen molar-refractivity contribution in [3.63, 3.8) is 0 Å². The normalized spacial score (nSPS) is 23.9. The molecule has 0 unspecified atom stereocenters. The number of unbranched alkanes of at least 4 members (excludes halogenated alkanes) is 3. The lowest BCUT2D eigenvalue weighted by atomic mass is 9.79. The fourth-order valence-corrected chi connectivity index (χ4v) is 3.03. The summed E-state index contributed by atoms with van der Waals surface area (Å²) in [7, 11) is 0. The third kappa shape index (κ3) is 5.93. The van der Waals surface area contributed by atoms with Crippen LogP contribution in [0, 0.1) is 11.8 Å². The fraction of sp³-hybridized carbons (Fsp3) is 0.882. The molecule has 0 bridgehead atoms. The molecule has 1 aliphatic carbocycles. The Morgan fingerprint density at radius 1 is 1.00 bits per heavy atom. The van der Waals surface area contributed by atoms with Gasteiger partial charge in [0.2, 0.25) is 0 Å². The largest absolute Gasteiger partial charge is 0.498 e. The summed E-state index contributed by atoms with van der Waals surface area (Å²) < 4.78 is 5.83. The Kier molecular flexibility index (Phi) is 8.20. The first-order valence-electron chi connectivity index (χ1n) is 8.09. The average molecular weight is 252 g/mol. The summed E-state index contributed by atoms with van der Waals surface area (Å²) in [6.45, 7) is 9.57. The average Bonchev–Trinajstić information content (AvgIpc) is 2.39. The topological polar surface area (TPSA) is 9.23 Å². The maximum absolute atomic E-state index is 5.83. The smallest absolute Gasteiger partial charge is 0.0918 e. The molecule has 1 nitrogen and oxygen atoms in total. The molecular weight excluding hydrogens is 220 g/mol. The van der Waals surface area contributed by atoms with Crippen LogP contribution in [0.3, 0.4) is 0 Å². The van der Waals surface area contributed by atoms with Gasteiger partial charge in [-0.15, -0.1) is 0 Å². The van der Waals surface area contributed by atoms with E-state index in [1.807, 2.05) is 0 Å². The lowest BCUT2D eigenvalue weighted by Gasteiger charge is -2.29. The Balaban J connectivity index is 2.08. The quantitative estimate of drug-likeness (QED) is 0.377. The van der Waals surface area contributed by atoms with Crippen LogP contribution >= 0.6 is 0 Å². The molecule has 0 aromatic heterocycles. The van der Waals surface area contributed by atoms with Crippen LogP contribution in [0.2, 0.25) is 0 Å². The van der Waals surface area contributed by atoms with E-state index in [-0.39, 0.29) is 0 Å². The Morgan fingerprint density at radius 2 is 1.72 bits per heavy atom. The van der Waals surface area contributed by atoms with Crippen LogP contribution in [-0.2, 0) is 4.74 Å². The molecule has 0 spiro atoms. The SMILES string of the molecule is C=C(OCCCCCC)C1CCC(CCC)CC1. The lowest BCUT2D eigenvalue weighted by molar-refractivity contribution is 0.146. The van der Waals surface area contributed by atoms with Crippen molar-refractivity contribution in [1.29, 1.82) is 0 Å². The first-order chi connectivity index (χ1) is 8.77. The van der Waals surface area contributed by atoms with Crippen LogP contribution < -0.4 is 0 Å². The minimum atomic E-state index is 0.643. The summed E-state index contributed by atoms with van der Waals surface area (Å²) in [5.41, 5.74) is 0. The molecule has 1 fully saturated rings. The van der Waals surface area contributed by atoms with Crippen LogP contribution in [-0.4, -0.2) is 6.61 Å². The number of allylic oxidation sites excluding steroid dienone is 1. The van der Waals surface area contributed by atoms with Crippen molar-refractivity contribution in [3.8, 4) is 0 Å². The first kappa shape index (κ1) is 15.6. The van der Waals surface area contributed by atoms with Gasteiger partial charge in [-0.3, -0.25) is 0 Å². The van der Waals surface area contributed by atoms with Crippen LogP contribution in [0.5, 0.6) is 0 Å². The predicted octanol–water partition coefficient (Wildman–Crippen LogP) is 5.70. The zero-order valence-corrected chi connectivity index (χ0v) is 12.5. The first-order valence-corrected chi connectivity index (χ1v) is 8.09. The second-order valence-corrected chi connectivity index (χ2v) is 5.88. The van der Waals surface area contributed by atoms with Gasteiger partial charge < -0.3 is 4.74 Å². The van der Waals surface area contributed by atoms with Gasteiger partial charge in [-0.25, -0.2) is 0 Å². The molecule has 1 heteroatoms. The second kappa shape index (κ2) is 9.47. The van der Waals surface area contributed by atoms with Crippen molar-refractivity contribution in [1.82, 2.24) is 0 Å². The Bertz CT molecular complexity index is 214. The van der Waals surface area contributed by atoms with E-state index in [2.05, 4.69) is 20.4 Å². The van der Waals surface area contributed by atoms with E-state index >= 15 is 0 Å². The summed E-state index contributed by atoms with van der Waals surface area (Å²) in [5, 5.41) is 0. The molecule has 0 aromatic carbocycles. The van der Waals surface area contributed by atoms with E-state index in [1.54, 1.807) is 0 Å². The van der Waals surface area contributed by atoms with Gasteiger partial charge >= 0.3 is 0 Å². The van der Waals surface area contributed by atoms with Crippen molar-refractivity contribution in [2.24, 2.45) is 11.8 Å². The molecule has 1 aliphatic rings. The third-order valence-electron chi connectivity index (χ3n) is 4.28. The monoisotopic (exact) mass is 252 g/mol. The Labute approximate surface area is 114 Å².